The first-order chi connectivity index (χ1) is 13.6. The van der Waals surface area contributed by atoms with Crippen LogP contribution in [0.2, 0.25) is 0 Å². The minimum absolute atomic E-state index is 0.0943. The van der Waals surface area contributed by atoms with Gasteiger partial charge in [-0.15, -0.1) is 0 Å². The average molecular weight is 392 g/mol. The molecule has 2 rings (SSSR count). The Hall–Kier alpha value is -1.85. The standard InChI is InChI=1S/C22H37N3O3/c1-3-4-5-6-7-11-14-22(27)25(16-19-12-9-8-10-13-19)17-21(26)23-20-15-18(2)28-24-20/h15,19H,3-14,16-17H2,1-2H3,(H,23,24,26). The lowest BCUT2D eigenvalue weighted by molar-refractivity contribution is -0.135. The summed E-state index contributed by atoms with van der Waals surface area (Å²) in [6.07, 6.45) is 13.5. The van der Waals surface area contributed by atoms with E-state index in [9.17, 15) is 9.59 Å². The second-order valence-electron chi connectivity index (χ2n) is 8.17. The molecule has 1 aliphatic carbocycles. The molecule has 6 heteroatoms. The summed E-state index contributed by atoms with van der Waals surface area (Å²) in [5.41, 5.74) is 0. The Morgan fingerprint density at radius 1 is 1.14 bits per heavy atom. The Morgan fingerprint density at radius 3 is 2.54 bits per heavy atom. The number of aromatic nitrogens is 1. The minimum atomic E-state index is -0.208. The van der Waals surface area contributed by atoms with Gasteiger partial charge in [0.05, 0.1) is 6.54 Å². The molecule has 0 saturated heterocycles. The van der Waals surface area contributed by atoms with Crippen LogP contribution >= 0.6 is 0 Å². The molecule has 0 spiro atoms. The monoisotopic (exact) mass is 391 g/mol. The molecule has 1 heterocycles. The van der Waals surface area contributed by atoms with E-state index in [0.717, 1.165) is 25.7 Å². The van der Waals surface area contributed by atoms with Gasteiger partial charge in [-0.1, -0.05) is 63.4 Å². The van der Waals surface area contributed by atoms with Crippen molar-refractivity contribution in [3.05, 3.63) is 11.8 Å². The van der Waals surface area contributed by atoms with E-state index in [2.05, 4.69) is 17.4 Å². The molecule has 0 unspecified atom stereocenters. The maximum atomic E-state index is 12.8. The van der Waals surface area contributed by atoms with Gasteiger partial charge in [0.25, 0.3) is 0 Å². The normalized spacial score (nSPS) is 14.8. The summed E-state index contributed by atoms with van der Waals surface area (Å²) in [4.78, 5) is 27.0. The van der Waals surface area contributed by atoms with Gasteiger partial charge < -0.3 is 14.7 Å². The van der Waals surface area contributed by atoms with E-state index in [4.69, 9.17) is 4.52 Å². The fraction of sp³-hybridized carbons (Fsp3) is 0.773. The molecule has 6 nitrogen and oxygen atoms in total. The Bertz CT molecular complexity index is 594. The van der Waals surface area contributed by atoms with E-state index in [-0.39, 0.29) is 18.4 Å². The summed E-state index contributed by atoms with van der Waals surface area (Å²) in [5, 5.41) is 6.54. The molecule has 1 aromatic rings. The number of amides is 2. The van der Waals surface area contributed by atoms with Gasteiger partial charge in [0, 0.05) is 19.0 Å². The first-order valence-corrected chi connectivity index (χ1v) is 11.1. The van der Waals surface area contributed by atoms with Crippen LogP contribution in [0.15, 0.2) is 10.6 Å². The highest BCUT2D eigenvalue weighted by atomic mass is 16.5. The van der Waals surface area contributed by atoms with Gasteiger partial charge in [0.15, 0.2) is 5.82 Å². The van der Waals surface area contributed by atoms with E-state index in [1.807, 2.05) is 0 Å². The third kappa shape index (κ3) is 8.44. The van der Waals surface area contributed by atoms with Crippen molar-refractivity contribution in [2.45, 2.75) is 90.9 Å². The van der Waals surface area contributed by atoms with Crippen molar-refractivity contribution in [2.75, 3.05) is 18.4 Å². The second-order valence-corrected chi connectivity index (χ2v) is 8.17. The predicted octanol–water partition coefficient (Wildman–Crippen LogP) is 5.08. The third-order valence-corrected chi connectivity index (χ3v) is 5.53. The average Bonchev–Trinajstić information content (AvgIpc) is 3.09. The first-order valence-electron chi connectivity index (χ1n) is 11.1. The van der Waals surface area contributed by atoms with Crippen molar-refractivity contribution in [3.63, 3.8) is 0 Å². The van der Waals surface area contributed by atoms with Crippen molar-refractivity contribution in [3.8, 4) is 0 Å². The van der Waals surface area contributed by atoms with E-state index in [0.29, 0.717) is 30.5 Å². The molecule has 1 aliphatic rings. The molecule has 0 bridgehead atoms. The Balaban J connectivity index is 1.84. The smallest absolute Gasteiger partial charge is 0.245 e. The molecule has 1 N–H and O–H groups in total. The topological polar surface area (TPSA) is 75.4 Å². The highest BCUT2D eigenvalue weighted by molar-refractivity contribution is 5.93. The lowest BCUT2D eigenvalue weighted by Crippen LogP contribution is -2.41. The van der Waals surface area contributed by atoms with Gasteiger partial charge in [0.2, 0.25) is 11.8 Å². The van der Waals surface area contributed by atoms with Gasteiger partial charge in [-0.05, 0) is 32.1 Å². The van der Waals surface area contributed by atoms with Gasteiger partial charge in [-0.3, -0.25) is 9.59 Å². The zero-order valence-electron chi connectivity index (χ0n) is 17.7. The number of rotatable bonds is 12. The molecular formula is C22H37N3O3. The second kappa shape index (κ2) is 12.6. The van der Waals surface area contributed by atoms with Crippen LogP contribution in [-0.4, -0.2) is 35.0 Å². The van der Waals surface area contributed by atoms with Crippen molar-refractivity contribution in [1.29, 1.82) is 0 Å². The third-order valence-electron chi connectivity index (χ3n) is 5.53. The quantitative estimate of drug-likeness (QED) is 0.504. The van der Waals surface area contributed by atoms with E-state index in [1.165, 1.54) is 44.9 Å². The van der Waals surface area contributed by atoms with Gasteiger partial charge in [-0.25, -0.2) is 0 Å². The van der Waals surface area contributed by atoms with E-state index >= 15 is 0 Å². The first kappa shape index (κ1) is 22.4. The highest BCUT2D eigenvalue weighted by Gasteiger charge is 2.23. The zero-order chi connectivity index (χ0) is 20.2. The number of carbonyl (C=O) groups excluding carboxylic acids is 2. The number of anilines is 1. The molecule has 0 radical (unpaired) electrons. The lowest BCUT2D eigenvalue weighted by atomic mass is 9.89. The van der Waals surface area contributed by atoms with Crippen LogP contribution in [0.3, 0.4) is 0 Å². The molecule has 0 atom stereocenters. The number of carbonyl (C=O) groups is 2. The molecule has 2 amide bonds. The molecule has 158 valence electrons. The van der Waals surface area contributed by atoms with Crippen LogP contribution in [0.4, 0.5) is 5.82 Å². The number of unbranched alkanes of at least 4 members (excludes halogenated alkanes) is 5. The molecule has 1 saturated carbocycles. The van der Waals surface area contributed by atoms with Crippen LogP contribution in [0.1, 0.15) is 89.7 Å². The van der Waals surface area contributed by atoms with Crippen LogP contribution < -0.4 is 5.32 Å². The van der Waals surface area contributed by atoms with Crippen LogP contribution in [0.5, 0.6) is 0 Å². The highest BCUT2D eigenvalue weighted by Crippen LogP contribution is 2.25. The van der Waals surface area contributed by atoms with Crippen LogP contribution in [-0.2, 0) is 9.59 Å². The fourth-order valence-corrected chi connectivity index (χ4v) is 3.93. The maximum Gasteiger partial charge on any atom is 0.245 e. The number of nitrogens with zero attached hydrogens (tertiary/aromatic N) is 2. The number of hydrogen-bond donors (Lipinski definition) is 1. The number of hydrogen-bond acceptors (Lipinski definition) is 4. The molecule has 0 aromatic carbocycles. The predicted molar refractivity (Wildman–Crippen MR) is 111 cm³/mol. The molecule has 28 heavy (non-hydrogen) atoms. The SMILES string of the molecule is CCCCCCCCC(=O)N(CC(=O)Nc1cc(C)on1)CC1CCCCC1. The van der Waals surface area contributed by atoms with Gasteiger partial charge in [0.1, 0.15) is 5.76 Å². The largest absolute Gasteiger partial charge is 0.360 e. The molecule has 0 aliphatic heterocycles. The van der Waals surface area contributed by atoms with Crippen LogP contribution in [0.25, 0.3) is 0 Å². The van der Waals surface area contributed by atoms with Crippen molar-refractivity contribution in [1.82, 2.24) is 10.1 Å². The summed E-state index contributed by atoms with van der Waals surface area (Å²) in [6, 6.07) is 1.68. The van der Waals surface area contributed by atoms with Crippen LogP contribution in [0, 0.1) is 12.8 Å². The van der Waals surface area contributed by atoms with Crippen molar-refractivity contribution >= 4 is 17.6 Å². The molecule has 1 fully saturated rings. The van der Waals surface area contributed by atoms with Gasteiger partial charge in [-0.2, -0.15) is 0 Å². The number of aryl methyl sites for hydroxylation is 1. The maximum absolute atomic E-state index is 12.8. The van der Waals surface area contributed by atoms with Gasteiger partial charge >= 0.3 is 0 Å². The Kier molecular flexibility index (Phi) is 10.1. The number of nitrogens with one attached hydrogen (secondary N) is 1. The summed E-state index contributed by atoms with van der Waals surface area (Å²) >= 11 is 0. The molecular weight excluding hydrogens is 354 g/mol. The summed E-state index contributed by atoms with van der Waals surface area (Å²) in [6.45, 7) is 4.77. The summed E-state index contributed by atoms with van der Waals surface area (Å²) < 4.78 is 4.99. The molecule has 1 aromatic heterocycles. The minimum Gasteiger partial charge on any atom is -0.360 e. The summed E-state index contributed by atoms with van der Waals surface area (Å²) in [5.74, 6) is 1.47. The lowest BCUT2D eigenvalue weighted by Gasteiger charge is -2.29. The Labute approximate surface area is 169 Å². The van der Waals surface area contributed by atoms with Crippen molar-refractivity contribution < 1.29 is 14.1 Å². The summed E-state index contributed by atoms with van der Waals surface area (Å²) in [7, 11) is 0. The van der Waals surface area contributed by atoms with E-state index in [1.54, 1.807) is 17.9 Å². The fourth-order valence-electron chi connectivity index (χ4n) is 3.93. The Morgan fingerprint density at radius 2 is 1.86 bits per heavy atom. The van der Waals surface area contributed by atoms with Crippen molar-refractivity contribution in [2.24, 2.45) is 5.92 Å². The zero-order valence-corrected chi connectivity index (χ0v) is 17.7. The van der Waals surface area contributed by atoms with E-state index < -0.39 is 0 Å².